The van der Waals surface area contributed by atoms with E-state index in [0.717, 1.165) is 0 Å². The minimum Gasteiger partial charge on any atom is -0.395 e. The Bertz CT molecular complexity index is 406. The van der Waals surface area contributed by atoms with E-state index in [1.807, 2.05) is 0 Å². The summed E-state index contributed by atoms with van der Waals surface area (Å²) in [5.41, 5.74) is 0. The van der Waals surface area contributed by atoms with E-state index in [9.17, 15) is 13.2 Å². The van der Waals surface area contributed by atoms with Gasteiger partial charge in [-0.1, -0.05) is 6.92 Å². The summed E-state index contributed by atoms with van der Waals surface area (Å²) in [5, 5.41) is 17.9. The molecule has 1 unspecified atom stereocenters. The van der Waals surface area contributed by atoms with Crippen LogP contribution >= 0.6 is 0 Å². The molecule has 2 N–H and O–H groups in total. The minimum atomic E-state index is -3.41. The van der Waals surface area contributed by atoms with Crippen molar-refractivity contribution in [1.29, 1.82) is 0 Å². The fourth-order valence-electron chi connectivity index (χ4n) is 2.48. The summed E-state index contributed by atoms with van der Waals surface area (Å²) in [5.74, 6) is -0.290. The zero-order valence-electron chi connectivity index (χ0n) is 11.9. The Morgan fingerprint density at radius 1 is 1.30 bits per heavy atom. The van der Waals surface area contributed by atoms with Gasteiger partial charge in [0.25, 0.3) is 0 Å². The average Bonchev–Trinajstić information content (AvgIpc) is 2.87. The second-order valence-corrected chi connectivity index (χ2v) is 6.90. The Balaban J connectivity index is 2.84. The van der Waals surface area contributed by atoms with Gasteiger partial charge in [-0.05, 0) is 19.3 Å². The highest BCUT2D eigenvalue weighted by Crippen LogP contribution is 2.23. The predicted octanol–water partition coefficient (Wildman–Crippen LogP) is -0.996. The maximum atomic E-state index is 12.4. The third-order valence-corrected chi connectivity index (χ3v) is 5.44. The summed E-state index contributed by atoms with van der Waals surface area (Å²) in [7, 11) is -3.41. The molecule has 8 heteroatoms. The number of hydrogen-bond donors (Lipinski definition) is 2. The van der Waals surface area contributed by atoms with Crippen molar-refractivity contribution < 1.29 is 23.4 Å². The maximum Gasteiger partial charge on any atom is 0.241 e. The fraction of sp³-hybridized carbons (Fsp3) is 0.917. The summed E-state index contributed by atoms with van der Waals surface area (Å²) >= 11 is 0. The van der Waals surface area contributed by atoms with Crippen LogP contribution in [0.4, 0.5) is 0 Å². The highest BCUT2D eigenvalue weighted by molar-refractivity contribution is 7.89. The Morgan fingerprint density at radius 3 is 2.40 bits per heavy atom. The van der Waals surface area contributed by atoms with E-state index in [4.69, 9.17) is 10.2 Å². The Kier molecular flexibility index (Phi) is 6.87. The predicted molar refractivity (Wildman–Crippen MR) is 74.6 cm³/mol. The van der Waals surface area contributed by atoms with E-state index >= 15 is 0 Å². The molecule has 7 nitrogen and oxygen atoms in total. The van der Waals surface area contributed by atoms with E-state index in [1.54, 1.807) is 6.92 Å². The smallest absolute Gasteiger partial charge is 0.241 e. The molecule has 20 heavy (non-hydrogen) atoms. The molecule has 1 heterocycles. The minimum absolute atomic E-state index is 0.0385. The number of aliphatic hydroxyl groups excluding tert-OH is 2. The SMILES string of the molecule is CCCS(=O)(=O)N1CCCC1C(=O)N(CCO)CCO. The average molecular weight is 308 g/mol. The quantitative estimate of drug-likeness (QED) is 0.599. The molecule has 1 amide bonds. The molecule has 0 bridgehead atoms. The van der Waals surface area contributed by atoms with Crippen LogP contribution in [0.2, 0.25) is 0 Å². The van der Waals surface area contributed by atoms with Crippen molar-refractivity contribution in [3.63, 3.8) is 0 Å². The summed E-state index contributed by atoms with van der Waals surface area (Å²) in [6.07, 6.45) is 1.66. The lowest BCUT2D eigenvalue weighted by atomic mass is 10.2. The monoisotopic (exact) mass is 308 g/mol. The zero-order valence-corrected chi connectivity index (χ0v) is 12.7. The van der Waals surface area contributed by atoms with Gasteiger partial charge < -0.3 is 15.1 Å². The molecule has 1 aliphatic rings. The van der Waals surface area contributed by atoms with Crippen molar-refractivity contribution in [3.8, 4) is 0 Å². The molecule has 0 aliphatic carbocycles. The van der Waals surface area contributed by atoms with Gasteiger partial charge in [-0.15, -0.1) is 0 Å². The highest BCUT2D eigenvalue weighted by atomic mass is 32.2. The molecule has 0 spiro atoms. The van der Waals surface area contributed by atoms with Crippen molar-refractivity contribution in [2.45, 2.75) is 32.2 Å². The van der Waals surface area contributed by atoms with Gasteiger partial charge in [0.05, 0.1) is 19.0 Å². The van der Waals surface area contributed by atoms with E-state index in [1.165, 1.54) is 9.21 Å². The van der Waals surface area contributed by atoms with E-state index < -0.39 is 16.1 Å². The van der Waals surface area contributed by atoms with E-state index in [0.29, 0.717) is 25.8 Å². The number of hydrogen-bond acceptors (Lipinski definition) is 5. The second-order valence-electron chi connectivity index (χ2n) is 4.86. The fourth-order valence-corrected chi connectivity index (χ4v) is 4.22. The molecule has 0 aromatic rings. The summed E-state index contributed by atoms with van der Waals surface area (Å²) in [4.78, 5) is 13.7. The van der Waals surface area contributed by atoms with E-state index in [-0.39, 0.29) is 38.0 Å². The summed E-state index contributed by atoms with van der Waals surface area (Å²) < 4.78 is 25.6. The second kappa shape index (κ2) is 7.92. The van der Waals surface area contributed by atoms with Gasteiger partial charge in [-0.25, -0.2) is 8.42 Å². The molecule has 1 aliphatic heterocycles. The Labute approximate surface area is 120 Å². The molecular weight excluding hydrogens is 284 g/mol. The van der Waals surface area contributed by atoms with Gasteiger partial charge in [0.15, 0.2) is 0 Å². The number of amides is 1. The first kappa shape index (κ1) is 17.4. The topological polar surface area (TPSA) is 98.2 Å². The summed E-state index contributed by atoms with van der Waals surface area (Å²) in [6.45, 7) is 1.95. The van der Waals surface area contributed by atoms with Crippen LogP contribution in [-0.4, -0.2) is 78.4 Å². The van der Waals surface area contributed by atoms with Crippen LogP contribution in [0.5, 0.6) is 0 Å². The van der Waals surface area contributed by atoms with Gasteiger partial charge in [0, 0.05) is 19.6 Å². The number of carbonyl (C=O) groups excluding carboxylic acids is 1. The first-order valence-corrected chi connectivity index (χ1v) is 8.58. The van der Waals surface area contributed by atoms with Gasteiger partial charge in [-0.3, -0.25) is 4.79 Å². The molecule has 0 aromatic carbocycles. The van der Waals surface area contributed by atoms with Crippen LogP contribution in [-0.2, 0) is 14.8 Å². The Morgan fingerprint density at radius 2 is 1.90 bits per heavy atom. The zero-order chi connectivity index (χ0) is 15.2. The van der Waals surface area contributed by atoms with Crippen LogP contribution in [0.15, 0.2) is 0 Å². The van der Waals surface area contributed by atoms with Crippen LogP contribution < -0.4 is 0 Å². The van der Waals surface area contributed by atoms with Crippen LogP contribution in [0, 0.1) is 0 Å². The van der Waals surface area contributed by atoms with Crippen molar-refractivity contribution in [3.05, 3.63) is 0 Å². The van der Waals surface area contributed by atoms with Gasteiger partial charge in [0.2, 0.25) is 15.9 Å². The van der Waals surface area contributed by atoms with E-state index in [2.05, 4.69) is 0 Å². The molecule has 1 saturated heterocycles. The normalized spacial score (nSPS) is 20.2. The van der Waals surface area contributed by atoms with Crippen LogP contribution in [0.3, 0.4) is 0 Å². The highest BCUT2D eigenvalue weighted by Gasteiger charge is 2.39. The molecule has 0 saturated carbocycles. The van der Waals surface area contributed by atoms with Crippen molar-refractivity contribution in [2.75, 3.05) is 38.6 Å². The Hall–Kier alpha value is -0.700. The summed E-state index contributed by atoms with van der Waals surface area (Å²) in [6, 6.07) is -0.690. The van der Waals surface area contributed by atoms with Crippen molar-refractivity contribution in [1.82, 2.24) is 9.21 Å². The largest absolute Gasteiger partial charge is 0.395 e. The van der Waals surface area contributed by atoms with Gasteiger partial charge >= 0.3 is 0 Å². The molecule has 1 fully saturated rings. The lowest BCUT2D eigenvalue weighted by Gasteiger charge is -2.29. The molecular formula is C12H24N2O5S. The number of nitrogens with zero attached hydrogens (tertiary/aromatic N) is 2. The number of carbonyl (C=O) groups is 1. The lowest BCUT2D eigenvalue weighted by molar-refractivity contribution is -0.135. The first-order valence-electron chi connectivity index (χ1n) is 6.98. The first-order chi connectivity index (χ1) is 9.47. The number of aliphatic hydroxyl groups is 2. The number of rotatable bonds is 8. The maximum absolute atomic E-state index is 12.4. The molecule has 118 valence electrons. The third-order valence-electron chi connectivity index (χ3n) is 3.36. The van der Waals surface area contributed by atoms with Crippen molar-refractivity contribution >= 4 is 15.9 Å². The molecule has 0 radical (unpaired) electrons. The molecule has 1 atom stereocenters. The van der Waals surface area contributed by atoms with Crippen LogP contribution in [0.1, 0.15) is 26.2 Å². The molecule has 0 aromatic heterocycles. The van der Waals surface area contributed by atoms with Gasteiger partial charge in [0.1, 0.15) is 6.04 Å². The number of sulfonamides is 1. The lowest BCUT2D eigenvalue weighted by Crippen LogP contribution is -2.49. The van der Waals surface area contributed by atoms with Gasteiger partial charge in [-0.2, -0.15) is 4.31 Å². The van der Waals surface area contributed by atoms with Crippen molar-refractivity contribution in [2.24, 2.45) is 0 Å². The van der Waals surface area contributed by atoms with Crippen LogP contribution in [0.25, 0.3) is 0 Å². The standard InChI is InChI=1S/C12H24N2O5S/c1-2-10-20(18,19)14-5-3-4-11(14)12(17)13(6-8-15)7-9-16/h11,15-16H,2-10H2,1H3. The molecule has 1 rings (SSSR count). The third kappa shape index (κ3) is 4.15.